The average molecular weight is 190 g/mol. The lowest BCUT2D eigenvalue weighted by Gasteiger charge is -2.05. The van der Waals surface area contributed by atoms with Crippen LogP contribution in [0, 0.1) is 0 Å². The molecule has 0 amide bonds. The molecular weight excluding hydrogens is 180 g/mol. The van der Waals surface area contributed by atoms with E-state index in [9.17, 15) is 14.4 Å². The van der Waals surface area contributed by atoms with Crippen molar-refractivity contribution in [2.75, 3.05) is 0 Å². The highest BCUT2D eigenvalue weighted by molar-refractivity contribution is 5.83. The number of carbonyl (C=O) groups is 3. The average Bonchev–Trinajstić information content (AvgIpc) is 2.27. The second-order valence-corrected chi connectivity index (χ2v) is 3.09. The van der Waals surface area contributed by atoms with Crippen LogP contribution in [0.4, 0.5) is 0 Å². The third kappa shape index (κ3) is 2.13. The SMILES string of the molecule is CC(C=O)c1cc(C=O)cc(C=O)c1. The maximum atomic E-state index is 10.5. The highest BCUT2D eigenvalue weighted by Gasteiger charge is 2.06. The van der Waals surface area contributed by atoms with Crippen molar-refractivity contribution in [1.82, 2.24) is 0 Å². The van der Waals surface area contributed by atoms with Gasteiger partial charge in [-0.1, -0.05) is 6.92 Å². The Morgan fingerprint density at radius 1 is 1.00 bits per heavy atom. The maximum Gasteiger partial charge on any atom is 0.150 e. The van der Waals surface area contributed by atoms with Crippen LogP contribution in [0.25, 0.3) is 0 Å². The molecule has 0 saturated heterocycles. The highest BCUT2D eigenvalue weighted by atomic mass is 16.1. The molecule has 3 nitrogen and oxygen atoms in total. The first-order valence-corrected chi connectivity index (χ1v) is 4.22. The first-order valence-electron chi connectivity index (χ1n) is 4.22. The predicted octanol–water partition coefficient (Wildman–Crippen LogP) is 1.61. The summed E-state index contributed by atoms with van der Waals surface area (Å²) in [7, 11) is 0. The number of hydrogen-bond acceptors (Lipinski definition) is 3. The lowest BCUT2D eigenvalue weighted by molar-refractivity contribution is -0.108. The van der Waals surface area contributed by atoms with Gasteiger partial charge in [0.05, 0.1) is 0 Å². The van der Waals surface area contributed by atoms with Gasteiger partial charge in [-0.15, -0.1) is 0 Å². The monoisotopic (exact) mass is 190 g/mol. The van der Waals surface area contributed by atoms with Gasteiger partial charge in [-0.05, 0) is 23.8 Å². The van der Waals surface area contributed by atoms with Crippen molar-refractivity contribution >= 4 is 18.9 Å². The van der Waals surface area contributed by atoms with E-state index in [0.717, 1.165) is 6.29 Å². The second kappa shape index (κ2) is 4.46. The normalized spacial score (nSPS) is 11.8. The zero-order valence-electron chi connectivity index (χ0n) is 7.77. The standard InChI is InChI=1S/C11H10O3/c1-8(5-12)11-3-9(6-13)2-10(4-11)7-14/h2-8H,1H3. The molecule has 0 heterocycles. The minimum atomic E-state index is -0.298. The molecule has 0 saturated carbocycles. The summed E-state index contributed by atoms with van der Waals surface area (Å²) in [4.78, 5) is 31.6. The number of carbonyl (C=O) groups excluding carboxylic acids is 3. The Kier molecular flexibility index (Phi) is 3.29. The van der Waals surface area contributed by atoms with Crippen molar-refractivity contribution in [3.8, 4) is 0 Å². The molecule has 0 spiro atoms. The molecule has 1 atom stereocenters. The molecule has 3 heteroatoms. The zero-order chi connectivity index (χ0) is 10.6. The van der Waals surface area contributed by atoms with Gasteiger partial charge in [0, 0.05) is 17.0 Å². The van der Waals surface area contributed by atoms with Gasteiger partial charge in [-0.3, -0.25) is 9.59 Å². The molecule has 0 fully saturated rings. The van der Waals surface area contributed by atoms with Gasteiger partial charge < -0.3 is 4.79 Å². The number of rotatable bonds is 4. The smallest absolute Gasteiger partial charge is 0.150 e. The van der Waals surface area contributed by atoms with Crippen LogP contribution >= 0.6 is 0 Å². The molecule has 1 aromatic rings. The Morgan fingerprint density at radius 3 is 1.86 bits per heavy atom. The minimum Gasteiger partial charge on any atom is -0.303 e. The molecule has 0 N–H and O–H groups in total. The van der Waals surface area contributed by atoms with Crippen LogP contribution in [0.3, 0.4) is 0 Å². The lowest BCUT2D eigenvalue weighted by atomic mass is 9.98. The Balaban J connectivity index is 3.22. The van der Waals surface area contributed by atoms with Crippen LogP contribution in [0.5, 0.6) is 0 Å². The van der Waals surface area contributed by atoms with Gasteiger partial charge in [0.25, 0.3) is 0 Å². The summed E-state index contributed by atoms with van der Waals surface area (Å²) in [5, 5.41) is 0. The molecular formula is C11H10O3. The summed E-state index contributed by atoms with van der Waals surface area (Å²) in [6, 6.07) is 4.71. The molecule has 0 radical (unpaired) electrons. The number of aldehydes is 3. The molecule has 0 aliphatic rings. The second-order valence-electron chi connectivity index (χ2n) is 3.09. The van der Waals surface area contributed by atoms with Crippen molar-refractivity contribution in [3.63, 3.8) is 0 Å². The van der Waals surface area contributed by atoms with E-state index in [1.54, 1.807) is 19.1 Å². The van der Waals surface area contributed by atoms with Gasteiger partial charge >= 0.3 is 0 Å². The van der Waals surface area contributed by atoms with Crippen LogP contribution in [-0.2, 0) is 4.79 Å². The quantitative estimate of drug-likeness (QED) is 0.678. The van der Waals surface area contributed by atoms with Gasteiger partial charge in [-0.25, -0.2) is 0 Å². The fourth-order valence-electron chi connectivity index (χ4n) is 1.18. The van der Waals surface area contributed by atoms with E-state index in [-0.39, 0.29) is 5.92 Å². The van der Waals surface area contributed by atoms with Gasteiger partial charge in [0.1, 0.15) is 18.9 Å². The van der Waals surface area contributed by atoms with E-state index in [0.29, 0.717) is 29.3 Å². The summed E-state index contributed by atoms with van der Waals surface area (Å²) in [5.74, 6) is -0.298. The third-order valence-corrected chi connectivity index (χ3v) is 2.00. The van der Waals surface area contributed by atoms with Crippen LogP contribution in [-0.4, -0.2) is 18.9 Å². The molecule has 1 aromatic carbocycles. The van der Waals surface area contributed by atoms with E-state index in [2.05, 4.69) is 0 Å². The summed E-state index contributed by atoms with van der Waals surface area (Å²) in [6.45, 7) is 1.71. The summed E-state index contributed by atoms with van der Waals surface area (Å²) in [6.07, 6.45) is 2.10. The maximum absolute atomic E-state index is 10.5. The van der Waals surface area contributed by atoms with Gasteiger partial charge in [0.15, 0.2) is 0 Å². The molecule has 14 heavy (non-hydrogen) atoms. The molecule has 0 aliphatic carbocycles. The van der Waals surface area contributed by atoms with Gasteiger partial charge in [-0.2, -0.15) is 0 Å². The largest absolute Gasteiger partial charge is 0.303 e. The van der Waals surface area contributed by atoms with Crippen LogP contribution in [0.15, 0.2) is 18.2 Å². The third-order valence-electron chi connectivity index (χ3n) is 2.00. The van der Waals surface area contributed by atoms with Crippen molar-refractivity contribution < 1.29 is 14.4 Å². The van der Waals surface area contributed by atoms with Crippen molar-refractivity contribution in [3.05, 3.63) is 34.9 Å². The molecule has 0 aromatic heterocycles. The molecule has 1 unspecified atom stereocenters. The van der Waals surface area contributed by atoms with Crippen molar-refractivity contribution in [2.45, 2.75) is 12.8 Å². The fourth-order valence-corrected chi connectivity index (χ4v) is 1.18. The van der Waals surface area contributed by atoms with E-state index in [4.69, 9.17) is 0 Å². The Morgan fingerprint density at radius 2 is 1.50 bits per heavy atom. The van der Waals surface area contributed by atoms with E-state index >= 15 is 0 Å². The number of hydrogen-bond donors (Lipinski definition) is 0. The molecule has 1 rings (SSSR count). The lowest BCUT2D eigenvalue weighted by Crippen LogP contribution is -1.97. The fraction of sp³-hybridized carbons (Fsp3) is 0.182. The van der Waals surface area contributed by atoms with Crippen molar-refractivity contribution in [1.29, 1.82) is 0 Å². The van der Waals surface area contributed by atoms with E-state index in [1.165, 1.54) is 6.07 Å². The molecule has 0 aliphatic heterocycles. The summed E-state index contributed by atoms with van der Waals surface area (Å²) < 4.78 is 0. The predicted molar refractivity (Wildman–Crippen MR) is 51.7 cm³/mol. The Bertz CT molecular complexity index is 343. The van der Waals surface area contributed by atoms with Crippen LogP contribution in [0.2, 0.25) is 0 Å². The van der Waals surface area contributed by atoms with Crippen LogP contribution in [0.1, 0.15) is 39.1 Å². The summed E-state index contributed by atoms with van der Waals surface area (Å²) in [5.41, 5.74) is 1.52. The highest BCUT2D eigenvalue weighted by Crippen LogP contribution is 2.15. The molecule has 0 bridgehead atoms. The first kappa shape index (κ1) is 10.3. The minimum absolute atomic E-state index is 0.298. The van der Waals surface area contributed by atoms with E-state index in [1.807, 2.05) is 0 Å². The zero-order valence-corrected chi connectivity index (χ0v) is 7.77. The van der Waals surface area contributed by atoms with Crippen molar-refractivity contribution in [2.24, 2.45) is 0 Å². The first-order chi connectivity index (χ1) is 6.71. The number of benzene rings is 1. The Hall–Kier alpha value is -1.77. The van der Waals surface area contributed by atoms with Gasteiger partial charge in [0.2, 0.25) is 0 Å². The topological polar surface area (TPSA) is 51.2 Å². The molecule has 72 valence electrons. The summed E-state index contributed by atoms with van der Waals surface area (Å²) >= 11 is 0. The Labute approximate surface area is 81.7 Å². The van der Waals surface area contributed by atoms with E-state index < -0.39 is 0 Å². The van der Waals surface area contributed by atoms with Crippen LogP contribution < -0.4 is 0 Å².